The number of carbonyl (C=O) groups excluding carboxylic acids is 1. The Hall–Kier alpha value is -2.67. The van der Waals surface area contributed by atoms with Crippen molar-refractivity contribution in [2.45, 2.75) is 38.8 Å². The molecule has 0 radical (unpaired) electrons. The molecule has 2 aromatic rings. The van der Waals surface area contributed by atoms with Crippen molar-refractivity contribution in [1.82, 2.24) is 15.3 Å². The van der Waals surface area contributed by atoms with E-state index in [1.165, 1.54) is 0 Å². The SMILES string of the molecule is COc1c(C)cccc1C(=O)NC1CCCN(c2ncc3c(n2)CCOC3)C1. The van der Waals surface area contributed by atoms with Crippen molar-refractivity contribution in [3.05, 3.63) is 46.8 Å². The summed E-state index contributed by atoms with van der Waals surface area (Å²) in [7, 11) is 1.60. The molecule has 1 N–H and O–H groups in total. The van der Waals surface area contributed by atoms with Crippen molar-refractivity contribution in [3.8, 4) is 5.75 Å². The smallest absolute Gasteiger partial charge is 0.255 e. The van der Waals surface area contributed by atoms with Crippen LogP contribution < -0.4 is 15.0 Å². The number of amides is 1. The van der Waals surface area contributed by atoms with E-state index in [4.69, 9.17) is 14.5 Å². The fraction of sp³-hybridized carbons (Fsp3) is 0.476. The van der Waals surface area contributed by atoms with Gasteiger partial charge in [0.25, 0.3) is 5.91 Å². The summed E-state index contributed by atoms with van der Waals surface area (Å²) in [6.07, 6.45) is 4.62. The van der Waals surface area contributed by atoms with Crippen LogP contribution in [-0.2, 0) is 17.8 Å². The highest BCUT2D eigenvalue weighted by atomic mass is 16.5. The van der Waals surface area contributed by atoms with E-state index in [1.807, 2.05) is 25.3 Å². The van der Waals surface area contributed by atoms with Crippen LogP contribution >= 0.6 is 0 Å². The Morgan fingerprint density at radius 2 is 2.29 bits per heavy atom. The molecular formula is C21H26N4O3. The summed E-state index contributed by atoms with van der Waals surface area (Å²) in [5.41, 5.74) is 3.67. The van der Waals surface area contributed by atoms with Crippen molar-refractivity contribution in [3.63, 3.8) is 0 Å². The normalized spacial score (nSPS) is 19.1. The van der Waals surface area contributed by atoms with Gasteiger partial charge in [-0.2, -0.15) is 0 Å². The van der Waals surface area contributed by atoms with Crippen molar-refractivity contribution in [2.24, 2.45) is 0 Å². The summed E-state index contributed by atoms with van der Waals surface area (Å²) in [6.45, 7) is 4.84. The van der Waals surface area contributed by atoms with Gasteiger partial charge in [-0.05, 0) is 31.4 Å². The summed E-state index contributed by atoms with van der Waals surface area (Å²) >= 11 is 0. The van der Waals surface area contributed by atoms with Gasteiger partial charge >= 0.3 is 0 Å². The molecule has 0 bridgehead atoms. The maximum absolute atomic E-state index is 12.8. The van der Waals surface area contributed by atoms with Crippen molar-refractivity contribution < 1.29 is 14.3 Å². The minimum Gasteiger partial charge on any atom is -0.496 e. The molecule has 1 unspecified atom stereocenters. The molecule has 2 aliphatic heterocycles. The average Bonchev–Trinajstić information content (AvgIpc) is 2.73. The number of nitrogens with zero attached hydrogens (tertiary/aromatic N) is 3. The van der Waals surface area contributed by atoms with Gasteiger partial charge in [0.2, 0.25) is 5.95 Å². The molecule has 3 heterocycles. The van der Waals surface area contributed by atoms with Gasteiger partial charge in [0.05, 0.1) is 31.6 Å². The molecule has 1 atom stereocenters. The average molecular weight is 382 g/mol. The molecule has 0 aliphatic carbocycles. The highest BCUT2D eigenvalue weighted by Gasteiger charge is 2.25. The minimum absolute atomic E-state index is 0.0504. The molecule has 1 saturated heterocycles. The summed E-state index contributed by atoms with van der Waals surface area (Å²) in [4.78, 5) is 24.3. The topological polar surface area (TPSA) is 76.6 Å². The molecule has 0 saturated carbocycles. The zero-order valence-electron chi connectivity index (χ0n) is 16.4. The first-order valence-electron chi connectivity index (χ1n) is 9.77. The fourth-order valence-corrected chi connectivity index (χ4v) is 3.91. The van der Waals surface area contributed by atoms with Gasteiger partial charge in [-0.25, -0.2) is 9.97 Å². The predicted octanol–water partition coefficient (Wildman–Crippen LogP) is 2.27. The Morgan fingerprint density at radius 1 is 1.39 bits per heavy atom. The van der Waals surface area contributed by atoms with E-state index in [9.17, 15) is 4.79 Å². The number of benzene rings is 1. The first-order chi connectivity index (χ1) is 13.7. The molecule has 28 heavy (non-hydrogen) atoms. The van der Waals surface area contributed by atoms with Crippen LogP contribution in [0.15, 0.2) is 24.4 Å². The zero-order chi connectivity index (χ0) is 19.5. The van der Waals surface area contributed by atoms with Gasteiger partial charge in [0, 0.05) is 37.3 Å². The third-order valence-electron chi connectivity index (χ3n) is 5.38. The lowest BCUT2D eigenvalue weighted by atomic mass is 10.0. The Morgan fingerprint density at radius 3 is 3.14 bits per heavy atom. The van der Waals surface area contributed by atoms with Crippen LogP contribution in [0.2, 0.25) is 0 Å². The quantitative estimate of drug-likeness (QED) is 0.874. The van der Waals surface area contributed by atoms with E-state index >= 15 is 0 Å². The number of anilines is 1. The molecule has 148 valence electrons. The van der Waals surface area contributed by atoms with Crippen LogP contribution in [-0.4, -0.2) is 48.7 Å². The van der Waals surface area contributed by atoms with Gasteiger partial charge in [0.1, 0.15) is 5.75 Å². The number of hydrogen-bond acceptors (Lipinski definition) is 6. The van der Waals surface area contributed by atoms with Crippen LogP contribution in [0.1, 0.15) is 40.0 Å². The van der Waals surface area contributed by atoms with E-state index in [0.29, 0.717) is 31.1 Å². The van der Waals surface area contributed by atoms with E-state index < -0.39 is 0 Å². The first-order valence-corrected chi connectivity index (χ1v) is 9.77. The maximum Gasteiger partial charge on any atom is 0.255 e. The van der Waals surface area contributed by atoms with Crippen LogP contribution in [0.4, 0.5) is 5.95 Å². The lowest BCUT2D eigenvalue weighted by Gasteiger charge is -2.33. The number of para-hydroxylation sites is 1. The van der Waals surface area contributed by atoms with Crippen molar-refractivity contribution in [2.75, 3.05) is 31.7 Å². The molecule has 1 fully saturated rings. The van der Waals surface area contributed by atoms with E-state index in [-0.39, 0.29) is 11.9 Å². The highest BCUT2D eigenvalue weighted by molar-refractivity contribution is 5.97. The number of hydrogen-bond donors (Lipinski definition) is 1. The number of fused-ring (bicyclic) bond motifs is 1. The second kappa shape index (κ2) is 8.14. The second-order valence-corrected chi connectivity index (χ2v) is 7.36. The first kappa shape index (κ1) is 18.7. The number of carbonyl (C=O) groups is 1. The third kappa shape index (κ3) is 3.80. The second-order valence-electron chi connectivity index (χ2n) is 7.36. The lowest BCUT2D eigenvalue weighted by molar-refractivity contribution is 0.0929. The van der Waals surface area contributed by atoms with Crippen LogP contribution in [0.3, 0.4) is 0 Å². The number of piperidine rings is 1. The molecule has 7 nitrogen and oxygen atoms in total. The van der Waals surface area contributed by atoms with Crippen LogP contribution in [0.25, 0.3) is 0 Å². The van der Waals surface area contributed by atoms with E-state index in [2.05, 4.69) is 15.2 Å². The van der Waals surface area contributed by atoms with E-state index in [1.54, 1.807) is 13.2 Å². The zero-order valence-corrected chi connectivity index (χ0v) is 16.4. The highest BCUT2D eigenvalue weighted by Crippen LogP contribution is 2.24. The largest absolute Gasteiger partial charge is 0.496 e. The third-order valence-corrected chi connectivity index (χ3v) is 5.38. The Bertz CT molecular complexity index is 871. The molecular weight excluding hydrogens is 356 g/mol. The number of rotatable bonds is 4. The van der Waals surface area contributed by atoms with Crippen LogP contribution in [0.5, 0.6) is 5.75 Å². The van der Waals surface area contributed by atoms with Crippen molar-refractivity contribution >= 4 is 11.9 Å². The molecule has 1 aromatic heterocycles. The summed E-state index contributed by atoms with van der Waals surface area (Å²) in [6, 6.07) is 5.67. The maximum atomic E-state index is 12.8. The Balaban J connectivity index is 1.46. The molecule has 1 amide bonds. The summed E-state index contributed by atoms with van der Waals surface area (Å²) < 4.78 is 10.9. The lowest BCUT2D eigenvalue weighted by Crippen LogP contribution is -2.48. The van der Waals surface area contributed by atoms with E-state index in [0.717, 1.165) is 48.6 Å². The summed E-state index contributed by atoms with van der Waals surface area (Å²) in [5.74, 6) is 1.27. The van der Waals surface area contributed by atoms with Gasteiger partial charge < -0.3 is 19.7 Å². The monoisotopic (exact) mass is 382 g/mol. The molecule has 1 aromatic carbocycles. The predicted molar refractivity (Wildman–Crippen MR) is 106 cm³/mol. The number of nitrogens with one attached hydrogen (secondary N) is 1. The molecule has 2 aliphatic rings. The number of methoxy groups -OCH3 is 1. The molecule has 4 rings (SSSR count). The molecule has 7 heteroatoms. The summed E-state index contributed by atoms with van der Waals surface area (Å²) in [5, 5.41) is 3.16. The Kier molecular flexibility index (Phi) is 5.43. The van der Waals surface area contributed by atoms with Crippen LogP contribution in [0, 0.1) is 6.92 Å². The van der Waals surface area contributed by atoms with Gasteiger partial charge in [-0.3, -0.25) is 4.79 Å². The molecule has 0 spiro atoms. The number of aromatic nitrogens is 2. The fourth-order valence-electron chi connectivity index (χ4n) is 3.91. The minimum atomic E-state index is -0.101. The van der Waals surface area contributed by atoms with Gasteiger partial charge in [0.15, 0.2) is 0 Å². The van der Waals surface area contributed by atoms with Gasteiger partial charge in [-0.15, -0.1) is 0 Å². The van der Waals surface area contributed by atoms with Crippen molar-refractivity contribution in [1.29, 1.82) is 0 Å². The Labute approximate surface area is 165 Å². The number of ether oxygens (including phenoxy) is 2. The van der Waals surface area contributed by atoms with Gasteiger partial charge in [-0.1, -0.05) is 12.1 Å². The standard InChI is InChI=1S/C21H26N4O3/c1-14-5-3-7-17(19(14)27-2)20(26)23-16-6-4-9-25(12-16)21-22-11-15-13-28-10-8-18(15)24-21/h3,5,7,11,16H,4,6,8-10,12-13H2,1-2H3,(H,23,26). The number of aryl methyl sites for hydroxylation is 1.